The van der Waals surface area contributed by atoms with Gasteiger partial charge in [0.15, 0.2) is 5.65 Å². The third-order valence-corrected chi connectivity index (χ3v) is 1.91. The lowest BCUT2D eigenvalue weighted by molar-refractivity contribution is 0.581. The number of rotatable bonds is 2. The predicted molar refractivity (Wildman–Crippen MR) is 48.0 cm³/mol. The number of aromatic nitrogens is 4. The van der Waals surface area contributed by atoms with Gasteiger partial charge in [0.25, 0.3) is 5.56 Å². The number of hydrogen-bond acceptors (Lipinski definition) is 3. The summed E-state index contributed by atoms with van der Waals surface area (Å²) in [5, 5.41) is 7.51. The van der Waals surface area contributed by atoms with Crippen LogP contribution in [0.4, 0.5) is 0 Å². The number of aryl methyl sites for hydroxylation is 1. The van der Waals surface area contributed by atoms with Gasteiger partial charge in [-0.2, -0.15) is 0 Å². The summed E-state index contributed by atoms with van der Waals surface area (Å²) in [6.07, 6.45) is 1.49. The average Bonchev–Trinajstić information content (AvgIpc) is 2.58. The molecule has 2 heterocycles. The summed E-state index contributed by atoms with van der Waals surface area (Å²) >= 11 is 5.56. The third-order valence-electron chi connectivity index (χ3n) is 1.74. The Bertz CT molecular complexity index is 475. The van der Waals surface area contributed by atoms with E-state index < -0.39 is 0 Å². The fourth-order valence-corrected chi connectivity index (χ4v) is 1.33. The zero-order valence-corrected chi connectivity index (χ0v) is 7.48. The standard InChI is InChI=1S/C7H7ClN4O/c8-3-4-11-7(13)2-1-6-10-9-5-12(6)11/h1-2,5H,3-4H2. The molecule has 0 amide bonds. The van der Waals surface area contributed by atoms with Crippen molar-refractivity contribution in [1.29, 1.82) is 0 Å². The second-order valence-corrected chi connectivity index (χ2v) is 2.90. The van der Waals surface area contributed by atoms with E-state index >= 15 is 0 Å². The average molecular weight is 199 g/mol. The van der Waals surface area contributed by atoms with Crippen LogP contribution in [0.5, 0.6) is 0 Å². The molecule has 0 N–H and O–H groups in total. The quantitative estimate of drug-likeness (QED) is 0.645. The fraction of sp³-hybridized carbons (Fsp3) is 0.286. The van der Waals surface area contributed by atoms with Gasteiger partial charge in [-0.05, 0) is 6.07 Å². The topological polar surface area (TPSA) is 52.2 Å². The highest BCUT2D eigenvalue weighted by Crippen LogP contribution is 1.94. The molecule has 0 unspecified atom stereocenters. The molecule has 2 rings (SSSR count). The highest BCUT2D eigenvalue weighted by molar-refractivity contribution is 6.17. The molecule has 0 aromatic carbocycles. The van der Waals surface area contributed by atoms with Gasteiger partial charge >= 0.3 is 0 Å². The molecule has 0 saturated heterocycles. The van der Waals surface area contributed by atoms with Crippen LogP contribution in [0.25, 0.3) is 5.65 Å². The van der Waals surface area contributed by atoms with Crippen molar-refractivity contribution in [3.05, 3.63) is 28.8 Å². The Balaban J connectivity index is 2.73. The second kappa shape index (κ2) is 3.18. The Morgan fingerprint density at radius 2 is 2.31 bits per heavy atom. The molecular formula is C7H7ClN4O. The minimum absolute atomic E-state index is 0.104. The minimum Gasteiger partial charge on any atom is -0.268 e. The van der Waals surface area contributed by atoms with E-state index in [4.69, 9.17) is 11.6 Å². The van der Waals surface area contributed by atoms with Crippen molar-refractivity contribution in [2.45, 2.75) is 6.54 Å². The van der Waals surface area contributed by atoms with Gasteiger partial charge in [0.1, 0.15) is 6.33 Å². The molecule has 2 aromatic heterocycles. The molecule has 5 nitrogen and oxygen atoms in total. The summed E-state index contributed by atoms with van der Waals surface area (Å²) in [4.78, 5) is 11.3. The van der Waals surface area contributed by atoms with Crippen LogP contribution < -0.4 is 5.56 Å². The summed E-state index contributed by atoms with van der Waals surface area (Å²) in [6.45, 7) is 0.454. The maximum Gasteiger partial charge on any atom is 0.265 e. The number of halogens is 1. The number of alkyl halides is 1. The summed E-state index contributed by atoms with van der Waals surface area (Å²) < 4.78 is 3.08. The van der Waals surface area contributed by atoms with Gasteiger partial charge in [0.05, 0.1) is 6.54 Å². The first-order valence-corrected chi connectivity index (χ1v) is 4.32. The van der Waals surface area contributed by atoms with Crippen LogP contribution in [0, 0.1) is 0 Å². The minimum atomic E-state index is -0.104. The maximum atomic E-state index is 11.3. The van der Waals surface area contributed by atoms with Gasteiger partial charge in [0.2, 0.25) is 0 Å². The Labute approximate surface area is 78.6 Å². The lowest BCUT2D eigenvalue weighted by Crippen LogP contribution is -2.25. The Morgan fingerprint density at radius 3 is 3.08 bits per heavy atom. The predicted octanol–water partition coefficient (Wildman–Crippen LogP) is 0.130. The van der Waals surface area contributed by atoms with E-state index in [2.05, 4.69) is 10.2 Å². The van der Waals surface area contributed by atoms with Crippen LogP contribution in [-0.4, -0.2) is 25.3 Å². The van der Waals surface area contributed by atoms with E-state index in [1.165, 1.54) is 17.1 Å². The second-order valence-electron chi connectivity index (χ2n) is 2.52. The first-order chi connectivity index (χ1) is 6.33. The largest absolute Gasteiger partial charge is 0.268 e. The molecule has 0 saturated carbocycles. The summed E-state index contributed by atoms with van der Waals surface area (Å²) in [7, 11) is 0. The molecule has 0 atom stereocenters. The zero-order chi connectivity index (χ0) is 9.26. The Hall–Kier alpha value is -1.36. The molecule has 0 fully saturated rings. The van der Waals surface area contributed by atoms with Gasteiger partial charge in [-0.15, -0.1) is 21.8 Å². The van der Waals surface area contributed by atoms with E-state index in [1.54, 1.807) is 10.6 Å². The van der Waals surface area contributed by atoms with Crippen LogP contribution >= 0.6 is 11.6 Å². The molecule has 0 aliphatic rings. The first-order valence-electron chi connectivity index (χ1n) is 3.79. The van der Waals surface area contributed by atoms with Crippen LogP contribution in [0.1, 0.15) is 0 Å². The van der Waals surface area contributed by atoms with Crippen molar-refractivity contribution < 1.29 is 0 Å². The molecule has 0 aliphatic heterocycles. The molecule has 0 radical (unpaired) electrons. The molecule has 68 valence electrons. The number of fused-ring (bicyclic) bond motifs is 1. The monoisotopic (exact) mass is 198 g/mol. The summed E-state index contributed by atoms with van der Waals surface area (Å²) in [5.41, 5.74) is 0.540. The van der Waals surface area contributed by atoms with Crippen molar-refractivity contribution in [1.82, 2.24) is 19.4 Å². The lowest BCUT2D eigenvalue weighted by Gasteiger charge is -2.04. The molecule has 0 aliphatic carbocycles. The Morgan fingerprint density at radius 1 is 1.46 bits per heavy atom. The molecule has 0 bridgehead atoms. The number of nitrogens with zero attached hydrogens (tertiary/aromatic N) is 4. The van der Waals surface area contributed by atoms with Crippen LogP contribution in [0.3, 0.4) is 0 Å². The molecule has 13 heavy (non-hydrogen) atoms. The van der Waals surface area contributed by atoms with E-state index in [0.29, 0.717) is 18.1 Å². The van der Waals surface area contributed by atoms with Gasteiger partial charge in [-0.1, -0.05) is 0 Å². The smallest absolute Gasteiger partial charge is 0.265 e. The van der Waals surface area contributed by atoms with Crippen LogP contribution in [0.15, 0.2) is 23.3 Å². The SMILES string of the molecule is O=c1ccc2nncn2n1CCCl. The van der Waals surface area contributed by atoms with E-state index in [9.17, 15) is 4.79 Å². The summed E-state index contributed by atoms with van der Waals surface area (Å²) in [6, 6.07) is 3.08. The number of hydrogen-bond donors (Lipinski definition) is 0. The molecule has 6 heteroatoms. The highest BCUT2D eigenvalue weighted by atomic mass is 35.5. The van der Waals surface area contributed by atoms with Crippen molar-refractivity contribution in [3.8, 4) is 0 Å². The van der Waals surface area contributed by atoms with Crippen molar-refractivity contribution in [2.75, 3.05) is 5.88 Å². The van der Waals surface area contributed by atoms with Crippen molar-refractivity contribution in [3.63, 3.8) is 0 Å². The van der Waals surface area contributed by atoms with Crippen molar-refractivity contribution in [2.24, 2.45) is 0 Å². The maximum absolute atomic E-state index is 11.3. The zero-order valence-electron chi connectivity index (χ0n) is 6.72. The lowest BCUT2D eigenvalue weighted by atomic mass is 10.5. The van der Waals surface area contributed by atoms with E-state index in [-0.39, 0.29) is 5.56 Å². The van der Waals surface area contributed by atoms with Gasteiger partial charge < -0.3 is 0 Å². The van der Waals surface area contributed by atoms with Gasteiger partial charge in [0, 0.05) is 11.9 Å². The van der Waals surface area contributed by atoms with Crippen LogP contribution in [-0.2, 0) is 6.54 Å². The van der Waals surface area contributed by atoms with E-state index in [0.717, 1.165) is 0 Å². The normalized spacial score (nSPS) is 10.8. The summed E-state index contributed by atoms with van der Waals surface area (Å²) in [5.74, 6) is 0.386. The molecular weight excluding hydrogens is 192 g/mol. The first kappa shape index (κ1) is 8.25. The third kappa shape index (κ3) is 1.31. The van der Waals surface area contributed by atoms with Gasteiger partial charge in [-0.25, -0.2) is 9.20 Å². The van der Waals surface area contributed by atoms with E-state index in [1.807, 2.05) is 0 Å². The van der Waals surface area contributed by atoms with Crippen molar-refractivity contribution >= 4 is 17.2 Å². The van der Waals surface area contributed by atoms with Gasteiger partial charge in [-0.3, -0.25) is 4.79 Å². The molecule has 2 aromatic rings. The Kier molecular flexibility index (Phi) is 2.02. The fourth-order valence-electron chi connectivity index (χ4n) is 1.17. The highest BCUT2D eigenvalue weighted by Gasteiger charge is 2.01. The molecule has 0 spiro atoms. The van der Waals surface area contributed by atoms with Crippen LogP contribution in [0.2, 0.25) is 0 Å².